The fraction of sp³-hybridized carbons (Fsp3) is 0.158. The van der Waals surface area contributed by atoms with Gasteiger partial charge in [0.05, 0.1) is 17.6 Å². The predicted molar refractivity (Wildman–Crippen MR) is 103 cm³/mol. The van der Waals surface area contributed by atoms with Crippen molar-refractivity contribution in [1.82, 2.24) is 14.8 Å². The molecule has 9 heteroatoms. The van der Waals surface area contributed by atoms with Crippen LogP contribution in [0.1, 0.15) is 5.69 Å². The maximum Gasteiger partial charge on any atom is 0.422 e. The maximum atomic E-state index is 12.6. The van der Waals surface area contributed by atoms with Crippen molar-refractivity contribution in [2.45, 2.75) is 12.7 Å². The molecule has 0 aliphatic carbocycles. The number of halogens is 4. The lowest BCUT2D eigenvalue weighted by Gasteiger charge is -2.13. The smallest absolute Gasteiger partial charge is 0.422 e. The molecule has 0 atom stereocenters. The fourth-order valence-electron chi connectivity index (χ4n) is 3.08. The van der Waals surface area contributed by atoms with Crippen molar-refractivity contribution >= 4 is 37.5 Å². The number of hydrogen-bond acceptors (Lipinski definition) is 3. The molecule has 28 heavy (non-hydrogen) atoms. The second kappa shape index (κ2) is 6.97. The third-order valence-corrected chi connectivity index (χ3v) is 4.68. The van der Waals surface area contributed by atoms with Gasteiger partial charge in [-0.1, -0.05) is 40.2 Å². The average molecular weight is 452 g/mol. The van der Waals surface area contributed by atoms with Crippen LogP contribution in [0, 0.1) is 0 Å². The van der Waals surface area contributed by atoms with Gasteiger partial charge in [0.2, 0.25) is 0 Å². The SMILES string of the molecule is O=c1[nH]nc(Cn2cc3ccccc3c2)c2cc(Br)cc(OCC(F)(F)F)c12. The molecule has 0 radical (unpaired) electrons. The number of nitrogens with zero attached hydrogens (tertiary/aromatic N) is 2. The van der Waals surface area contributed by atoms with E-state index in [1.54, 1.807) is 6.07 Å². The summed E-state index contributed by atoms with van der Waals surface area (Å²) in [5, 5.41) is 9.02. The summed E-state index contributed by atoms with van der Waals surface area (Å²) in [7, 11) is 0. The van der Waals surface area contributed by atoms with Gasteiger partial charge in [-0.15, -0.1) is 0 Å². The zero-order chi connectivity index (χ0) is 19.9. The Morgan fingerprint density at radius 1 is 1.14 bits per heavy atom. The monoisotopic (exact) mass is 451 g/mol. The first-order valence-corrected chi connectivity index (χ1v) is 9.04. The fourth-order valence-corrected chi connectivity index (χ4v) is 3.51. The molecule has 0 bridgehead atoms. The van der Waals surface area contributed by atoms with Crippen LogP contribution in [-0.4, -0.2) is 27.5 Å². The van der Waals surface area contributed by atoms with Crippen molar-refractivity contribution < 1.29 is 17.9 Å². The molecule has 4 aromatic rings. The van der Waals surface area contributed by atoms with E-state index in [1.165, 1.54) is 6.07 Å². The zero-order valence-corrected chi connectivity index (χ0v) is 15.8. The Hall–Kier alpha value is -2.81. The van der Waals surface area contributed by atoms with Gasteiger partial charge in [-0.3, -0.25) is 4.79 Å². The average Bonchev–Trinajstić information content (AvgIpc) is 3.03. The summed E-state index contributed by atoms with van der Waals surface area (Å²) >= 11 is 3.27. The number of benzene rings is 2. The Kier molecular flexibility index (Phi) is 4.62. The Bertz CT molecular complexity index is 1200. The molecule has 1 N–H and O–H groups in total. The van der Waals surface area contributed by atoms with Gasteiger partial charge >= 0.3 is 6.18 Å². The quantitative estimate of drug-likeness (QED) is 0.492. The van der Waals surface area contributed by atoms with Crippen molar-refractivity contribution in [2.75, 3.05) is 6.61 Å². The highest BCUT2D eigenvalue weighted by atomic mass is 79.9. The van der Waals surface area contributed by atoms with Crippen LogP contribution in [0.3, 0.4) is 0 Å². The molecule has 2 aromatic heterocycles. The first-order valence-electron chi connectivity index (χ1n) is 8.25. The number of nitrogens with one attached hydrogen (secondary N) is 1. The molecule has 0 aliphatic heterocycles. The van der Waals surface area contributed by atoms with Gasteiger partial charge in [0.15, 0.2) is 6.61 Å². The Labute approximate surface area is 164 Å². The molecule has 0 saturated heterocycles. The summed E-state index contributed by atoms with van der Waals surface area (Å²) in [6, 6.07) is 10.8. The molecule has 0 unspecified atom stereocenters. The van der Waals surface area contributed by atoms with Crippen LogP contribution in [0.4, 0.5) is 13.2 Å². The van der Waals surface area contributed by atoms with Crippen molar-refractivity contribution in [2.24, 2.45) is 0 Å². The van der Waals surface area contributed by atoms with Crippen LogP contribution in [0.2, 0.25) is 0 Å². The highest BCUT2D eigenvalue weighted by Gasteiger charge is 2.29. The van der Waals surface area contributed by atoms with Crippen molar-refractivity contribution in [3.63, 3.8) is 0 Å². The molecule has 0 spiro atoms. The van der Waals surface area contributed by atoms with E-state index in [-0.39, 0.29) is 11.1 Å². The molecule has 0 saturated carbocycles. The third-order valence-electron chi connectivity index (χ3n) is 4.23. The van der Waals surface area contributed by atoms with Crippen LogP contribution >= 0.6 is 15.9 Å². The first kappa shape index (κ1) is 18.5. The number of hydrogen-bond donors (Lipinski definition) is 1. The highest BCUT2D eigenvalue weighted by molar-refractivity contribution is 9.10. The minimum atomic E-state index is -4.51. The van der Waals surface area contributed by atoms with Gasteiger partial charge in [-0.2, -0.15) is 18.3 Å². The second-order valence-electron chi connectivity index (χ2n) is 6.29. The number of H-pyrrole nitrogens is 1. The topological polar surface area (TPSA) is 59.9 Å². The van der Waals surface area contributed by atoms with E-state index in [9.17, 15) is 18.0 Å². The van der Waals surface area contributed by atoms with E-state index in [1.807, 2.05) is 41.2 Å². The van der Waals surface area contributed by atoms with E-state index in [0.717, 1.165) is 10.8 Å². The van der Waals surface area contributed by atoms with Crippen LogP contribution < -0.4 is 10.3 Å². The Morgan fingerprint density at radius 2 is 1.82 bits per heavy atom. The van der Waals surface area contributed by atoms with E-state index in [4.69, 9.17) is 4.74 Å². The molecular formula is C19H13BrF3N3O2. The minimum Gasteiger partial charge on any atom is -0.483 e. The molecule has 5 nitrogen and oxygen atoms in total. The molecule has 0 amide bonds. The zero-order valence-electron chi connectivity index (χ0n) is 14.3. The van der Waals surface area contributed by atoms with Crippen LogP contribution in [0.25, 0.3) is 21.5 Å². The van der Waals surface area contributed by atoms with Gasteiger partial charge in [0, 0.05) is 22.3 Å². The number of ether oxygens (including phenoxy) is 1. The van der Waals surface area contributed by atoms with E-state index < -0.39 is 18.3 Å². The van der Waals surface area contributed by atoms with Crippen molar-refractivity contribution in [3.8, 4) is 5.75 Å². The molecule has 4 rings (SSSR count). The number of aromatic nitrogens is 3. The first-order chi connectivity index (χ1) is 13.3. The van der Waals surface area contributed by atoms with E-state index in [2.05, 4.69) is 26.1 Å². The number of rotatable bonds is 4. The minimum absolute atomic E-state index is 0.0363. The Balaban J connectivity index is 1.79. The maximum absolute atomic E-state index is 12.6. The van der Waals surface area contributed by atoms with Gasteiger partial charge < -0.3 is 9.30 Å². The standard InChI is InChI=1S/C19H13BrF3N3O2/c20-13-5-14-15(9-26-7-11-3-1-2-4-12(11)8-26)24-25-18(27)17(14)16(6-13)28-10-19(21,22)23/h1-8H,9-10H2,(H,25,27). The summed E-state index contributed by atoms with van der Waals surface area (Å²) in [5.41, 5.74) is -0.103. The molecule has 2 aromatic carbocycles. The molecule has 144 valence electrons. The number of fused-ring (bicyclic) bond motifs is 2. The third kappa shape index (κ3) is 3.75. The lowest BCUT2D eigenvalue weighted by Crippen LogP contribution is -2.21. The summed E-state index contributed by atoms with van der Waals surface area (Å²) in [5.74, 6) is -0.149. The number of aromatic amines is 1. The summed E-state index contributed by atoms with van der Waals surface area (Å²) < 4.78 is 45.0. The summed E-state index contributed by atoms with van der Waals surface area (Å²) in [6.45, 7) is -1.16. The molecule has 0 fully saturated rings. The largest absolute Gasteiger partial charge is 0.483 e. The van der Waals surface area contributed by atoms with Crippen LogP contribution in [0.15, 0.2) is 58.1 Å². The number of alkyl halides is 3. The van der Waals surface area contributed by atoms with Crippen molar-refractivity contribution in [1.29, 1.82) is 0 Å². The van der Waals surface area contributed by atoms with E-state index >= 15 is 0 Å². The van der Waals surface area contributed by atoms with Gasteiger partial charge in [-0.25, -0.2) is 5.10 Å². The van der Waals surface area contributed by atoms with Crippen molar-refractivity contribution in [3.05, 3.63) is 69.3 Å². The lowest BCUT2D eigenvalue weighted by atomic mass is 10.1. The van der Waals surface area contributed by atoms with Gasteiger partial charge in [0.1, 0.15) is 5.75 Å². The van der Waals surface area contributed by atoms with Crippen LogP contribution in [0.5, 0.6) is 5.75 Å². The highest BCUT2D eigenvalue weighted by Crippen LogP contribution is 2.31. The summed E-state index contributed by atoms with van der Waals surface area (Å²) in [6.07, 6.45) is -0.636. The summed E-state index contributed by atoms with van der Waals surface area (Å²) in [4.78, 5) is 12.3. The van der Waals surface area contributed by atoms with Gasteiger partial charge in [0.25, 0.3) is 5.56 Å². The van der Waals surface area contributed by atoms with Crippen LogP contribution in [-0.2, 0) is 6.54 Å². The molecule has 0 aliphatic rings. The second-order valence-corrected chi connectivity index (χ2v) is 7.20. The molecule has 2 heterocycles. The predicted octanol–water partition coefficient (Wildman–Crippen LogP) is 4.63. The lowest BCUT2D eigenvalue weighted by molar-refractivity contribution is -0.153. The Morgan fingerprint density at radius 3 is 2.46 bits per heavy atom. The molecular weight excluding hydrogens is 439 g/mol. The van der Waals surface area contributed by atoms with Gasteiger partial charge in [-0.05, 0) is 22.9 Å². The normalized spacial score (nSPS) is 12.0. The van der Waals surface area contributed by atoms with E-state index in [0.29, 0.717) is 22.1 Å².